The van der Waals surface area contributed by atoms with Crippen LogP contribution in [0.4, 0.5) is 0 Å². The standard InChI is InChI=1S/C22H36N2O3S/c1-17(2)21(18(3)4)23-22(25)20-13-8-14-24(16-20)28(26,27)15-9-12-19-10-6-5-7-11-19/h5-7,10-11,17-18,20-21H,8-9,12-16H2,1-4H3,(H,23,25)/t20-/m1/s1. The first kappa shape index (κ1) is 22.9. The van der Waals surface area contributed by atoms with Crippen LogP contribution >= 0.6 is 0 Å². The first-order valence-electron chi connectivity index (χ1n) is 10.5. The quantitative estimate of drug-likeness (QED) is 0.680. The topological polar surface area (TPSA) is 66.5 Å². The van der Waals surface area contributed by atoms with E-state index >= 15 is 0 Å². The molecule has 1 saturated heterocycles. The van der Waals surface area contributed by atoms with Crippen LogP contribution in [0, 0.1) is 17.8 Å². The maximum absolute atomic E-state index is 12.8. The van der Waals surface area contributed by atoms with Gasteiger partial charge in [-0.05, 0) is 43.1 Å². The van der Waals surface area contributed by atoms with Crippen molar-refractivity contribution in [1.29, 1.82) is 0 Å². The minimum Gasteiger partial charge on any atom is -0.353 e. The fraction of sp³-hybridized carbons (Fsp3) is 0.682. The Hall–Kier alpha value is -1.40. The number of sulfonamides is 1. The van der Waals surface area contributed by atoms with E-state index in [1.807, 2.05) is 30.3 Å². The van der Waals surface area contributed by atoms with Gasteiger partial charge in [-0.2, -0.15) is 0 Å². The van der Waals surface area contributed by atoms with Gasteiger partial charge in [0.2, 0.25) is 15.9 Å². The predicted molar refractivity (Wildman–Crippen MR) is 114 cm³/mol. The van der Waals surface area contributed by atoms with Crippen molar-refractivity contribution in [3.63, 3.8) is 0 Å². The van der Waals surface area contributed by atoms with Crippen LogP contribution in [0.2, 0.25) is 0 Å². The van der Waals surface area contributed by atoms with Gasteiger partial charge in [-0.1, -0.05) is 58.0 Å². The molecule has 0 aromatic heterocycles. The van der Waals surface area contributed by atoms with E-state index in [2.05, 4.69) is 33.0 Å². The molecule has 158 valence electrons. The third kappa shape index (κ3) is 6.59. The summed E-state index contributed by atoms with van der Waals surface area (Å²) in [5.74, 6) is 0.585. The largest absolute Gasteiger partial charge is 0.353 e. The van der Waals surface area contributed by atoms with Crippen molar-refractivity contribution in [3.8, 4) is 0 Å². The number of nitrogens with one attached hydrogen (secondary N) is 1. The molecule has 0 saturated carbocycles. The first-order chi connectivity index (χ1) is 13.2. The maximum Gasteiger partial charge on any atom is 0.224 e. The molecule has 1 N–H and O–H groups in total. The highest BCUT2D eigenvalue weighted by molar-refractivity contribution is 7.89. The first-order valence-corrected chi connectivity index (χ1v) is 12.1. The molecule has 2 rings (SSSR count). The summed E-state index contributed by atoms with van der Waals surface area (Å²) >= 11 is 0. The average molecular weight is 409 g/mol. The van der Waals surface area contributed by atoms with E-state index in [1.165, 1.54) is 4.31 Å². The summed E-state index contributed by atoms with van der Waals surface area (Å²) < 4.78 is 27.1. The highest BCUT2D eigenvalue weighted by atomic mass is 32.2. The Morgan fingerprint density at radius 1 is 1.14 bits per heavy atom. The summed E-state index contributed by atoms with van der Waals surface area (Å²) in [7, 11) is -3.33. The van der Waals surface area contributed by atoms with Crippen LogP contribution in [0.25, 0.3) is 0 Å². The molecule has 1 fully saturated rings. The summed E-state index contributed by atoms with van der Waals surface area (Å²) in [6.07, 6.45) is 2.85. The number of rotatable bonds is 9. The zero-order valence-electron chi connectivity index (χ0n) is 17.7. The fourth-order valence-electron chi connectivity index (χ4n) is 4.03. The lowest BCUT2D eigenvalue weighted by Crippen LogP contribution is -2.50. The molecule has 6 heteroatoms. The van der Waals surface area contributed by atoms with Gasteiger partial charge < -0.3 is 5.32 Å². The number of benzene rings is 1. The molecule has 1 heterocycles. The average Bonchev–Trinajstić information content (AvgIpc) is 2.66. The third-order valence-electron chi connectivity index (χ3n) is 5.60. The molecule has 0 bridgehead atoms. The Morgan fingerprint density at radius 2 is 1.79 bits per heavy atom. The molecule has 1 aromatic rings. The van der Waals surface area contributed by atoms with Gasteiger partial charge in [0.1, 0.15) is 0 Å². The normalized spacial score (nSPS) is 18.8. The lowest BCUT2D eigenvalue weighted by Gasteiger charge is -2.33. The number of hydrogen-bond donors (Lipinski definition) is 1. The van der Waals surface area contributed by atoms with Gasteiger partial charge in [-0.25, -0.2) is 12.7 Å². The van der Waals surface area contributed by atoms with Gasteiger partial charge >= 0.3 is 0 Å². The lowest BCUT2D eigenvalue weighted by atomic mass is 9.91. The molecule has 5 nitrogen and oxygen atoms in total. The predicted octanol–water partition coefficient (Wildman–Crippen LogP) is 3.46. The number of nitrogens with zero attached hydrogens (tertiary/aromatic N) is 1. The van der Waals surface area contributed by atoms with Gasteiger partial charge in [0.25, 0.3) is 0 Å². The van der Waals surface area contributed by atoms with Crippen molar-refractivity contribution in [2.45, 2.75) is 59.4 Å². The molecule has 0 spiro atoms. The molecule has 1 atom stereocenters. The number of amides is 1. The van der Waals surface area contributed by atoms with Gasteiger partial charge in [0.05, 0.1) is 11.7 Å². The van der Waals surface area contributed by atoms with Crippen molar-refractivity contribution < 1.29 is 13.2 Å². The van der Waals surface area contributed by atoms with Gasteiger partial charge in [0.15, 0.2) is 0 Å². The Kier molecular flexibility index (Phi) is 8.50. The van der Waals surface area contributed by atoms with Crippen LogP contribution in [0.3, 0.4) is 0 Å². The van der Waals surface area contributed by atoms with E-state index in [0.717, 1.165) is 24.8 Å². The number of carbonyl (C=O) groups excluding carboxylic acids is 1. The molecule has 28 heavy (non-hydrogen) atoms. The maximum atomic E-state index is 12.8. The molecular formula is C22H36N2O3S. The second kappa shape index (κ2) is 10.4. The highest BCUT2D eigenvalue weighted by Gasteiger charge is 2.33. The molecular weight excluding hydrogens is 372 g/mol. The summed E-state index contributed by atoms with van der Waals surface area (Å²) in [4.78, 5) is 12.8. The highest BCUT2D eigenvalue weighted by Crippen LogP contribution is 2.22. The van der Waals surface area contributed by atoms with Crippen molar-refractivity contribution >= 4 is 15.9 Å². The Balaban J connectivity index is 1.90. The molecule has 1 aliphatic heterocycles. The smallest absolute Gasteiger partial charge is 0.224 e. The summed E-state index contributed by atoms with van der Waals surface area (Å²) in [5.41, 5.74) is 1.15. The minimum atomic E-state index is -3.33. The van der Waals surface area contributed by atoms with Crippen LogP contribution < -0.4 is 5.32 Å². The Bertz CT molecular complexity index is 709. The lowest BCUT2D eigenvalue weighted by molar-refractivity contribution is -0.127. The Labute approximate surface area is 170 Å². The van der Waals surface area contributed by atoms with E-state index in [9.17, 15) is 13.2 Å². The van der Waals surface area contributed by atoms with Crippen molar-refractivity contribution in [3.05, 3.63) is 35.9 Å². The molecule has 0 unspecified atom stereocenters. The Morgan fingerprint density at radius 3 is 2.39 bits per heavy atom. The summed E-state index contributed by atoms with van der Waals surface area (Å²) in [6.45, 7) is 9.26. The second-order valence-corrected chi connectivity index (χ2v) is 10.7. The van der Waals surface area contributed by atoms with Crippen molar-refractivity contribution in [2.75, 3.05) is 18.8 Å². The zero-order valence-corrected chi connectivity index (χ0v) is 18.5. The van der Waals surface area contributed by atoms with Crippen molar-refractivity contribution in [2.24, 2.45) is 17.8 Å². The molecule has 1 aliphatic rings. The molecule has 0 aliphatic carbocycles. The van der Waals surface area contributed by atoms with E-state index in [0.29, 0.717) is 31.3 Å². The van der Waals surface area contributed by atoms with E-state index in [1.54, 1.807) is 0 Å². The third-order valence-corrected chi connectivity index (χ3v) is 7.53. The van der Waals surface area contributed by atoms with Crippen LogP contribution in [0.1, 0.15) is 52.5 Å². The van der Waals surface area contributed by atoms with E-state index < -0.39 is 10.0 Å². The van der Waals surface area contributed by atoms with Gasteiger partial charge in [0, 0.05) is 19.1 Å². The van der Waals surface area contributed by atoms with Crippen LogP contribution in [0.5, 0.6) is 0 Å². The van der Waals surface area contributed by atoms with Crippen LogP contribution in [-0.4, -0.2) is 43.5 Å². The van der Waals surface area contributed by atoms with Gasteiger partial charge in [-0.15, -0.1) is 0 Å². The zero-order chi connectivity index (χ0) is 20.7. The second-order valence-electron chi connectivity index (χ2n) is 8.62. The number of piperidine rings is 1. The number of carbonyl (C=O) groups is 1. The molecule has 1 amide bonds. The minimum absolute atomic E-state index is 0.00316. The fourth-order valence-corrected chi connectivity index (χ4v) is 5.61. The van der Waals surface area contributed by atoms with Gasteiger partial charge in [-0.3, -0.25) is 4.79 Å². The van der Waals surface area contributed by atoms with Crippen LogP contribution in [-0.2, 0) is 21.2 Å². The number of hydrogen-bond acceptors (Lipinski definition) is 3. The molecule has 0 radical (unpaired) electrons. The monoisotopic (exact) mass is 408 g/mol. The van der Waals surface area contributed by atoms with Crippen molar-refractivity contribution in [1.82, 2.24) is 9.62 Å². The van der Waals surface area contributed by atoms with E-state index in [4.69, 9.17) is 0 Å². The summed E-state index contributed by atoms with van der Waals surface area (Å²) in [6, 6.07) is 10.1. The van der Waals surface area contributed by atoms with Crippen LogP contribution in [0.15, 0.2) is 30.3 Å². The SMILES string of the molecule is CC(C)C(NC(=O)[C@@H]1CCCN(S(=O)(=O)CCCc2ccccc2)C1)C(C)C. The number of aryl methyl sites for hydroxylation is 1. The summed E-state index contributed by atoms with van der Waals surface area (Å²) in [5, 5.41) is 3.16. The van der Waals surface area contributed by atoms with E-state index in [-0.39, 0.29) is 23.6 Å². The molecule has 1 aromatic carbocycles.